The minimum Gasteiger partial charge on any atom is -0.333 e. The molecular formula is C18H23N3O2S. The van der Waals surface area contributed by atoms with Crippen molar-refractivity contribution in [3.8, 4) is 0 Å². The molecule has 1 unspecified atom stereocenters. The second-order valence-electron chi connectivity index (χ2n) is 6.49. The number of benzene rings is 1. The number of amides is 3. The van der Waals surface area contributed by atoms with Gasteiger partial charge in [-0.05, 0) is 37.8 Å². The zero-order chi connectivity index (χ0) is 17.6. The zero-order valence-corrected chi connectivity index (χ0v) is 14.9. The van der Waals surface area contributed by atoms with Crippen LogP contribution in [-0.4, -0.2) is 24.0 Å². The summed E-state index contributed by atoms with van der Waals surface area (Å²) in [6.07, 6.45) is 0. The lowest BCUT2D eigenvalue weighted by molar-refractivity contribution is -0.119. The van der Waals surface area contributed by atoms with Crippen molar-refractivity contribution in [3.05, 3.63) is 58.3 Å². The lowest BCUT2D eigenvalue weighted by Gasteiger charge is -2.21. The molecule has 0 aliphatic rings. The average molecular weight is 345 g/mol. The Labute approximate surface area is 146 Å². The van der Waals surface area contributed by atoms with Gasteiger partial charge in [0.15, 0.2) is 0 Å². The van der Waals surface area contributed by atoms with Gasteiger partial charge in [0, 0.05) is 10.4 Å². The van der Waals surface area contributed by atoms with Crippen molar-refractivity contribution in [2.24, 2.45) is 0 Å². The lowest BCUT2D eigenvalue weighted by atomic mass is 10.1. The minimum atomic E-state index is -0.485. The highest BCUT2D eigenvalue weighted by molar-refractivity contribution is 7.10. The number of carbonyl (C=O) groups excluding carboxylic acids is 2. The Bertz CT molecular complexity index is 663. The molecule has 6 heteroatoms. The standard InChI is InChI=1S/C18H23N3O2S/c1-18(2,3)21-17(23)20-15(22)12-19-16(14-10-7-11-24-14)13-8-5-4-6-9-13/h4-11,16,19H,12H2,1-3H3,(H2,20,21,22,23). The number of thiophene rings is 1. The maximum atomic E-state index is 12.0. The molecule has 2 rings (SSSR count). The van der Waals surface area contributed by atoms with Crippen LogP contribution in [0.15, 0.2) is 47.8 Å². The third-order valence-electron chi connectivity index (χ3n) is 3.17. The van der Waals surface area contributed by atoms with Crippen LogP contribution in [0.3, 0.4) is 0 Å². The minimum absolute atomic E-state index is 0.0506. The van der Waals surface area contributed by atoms with E-state index in [0.717, 1.165) is 10.4 Å². The summed E-state index contributed by atoms with van der Waals surface area (Å²) in [5.41, 5.74) is 0.688. The molecule has 1 heterocycles. The maximum Gasteiger partial charge on any atom is 0.321 e. The Hall–Kier alpha value is -2.18. The molecule has 0 fully saturated rings. The molecule has 0 saturated carbocycles. The first kappa shape index (κ1) is 18.2. The summed E-state index contributed by atoms with van der Waals surface area (Å²) in [7, 11) is 0. The van der Waals surface area contributed by atoms with E-state index >= 15 is 0 Å². The summed E-state index contributed by atoms with van der Waals surface area (Å²) < 4.78 is 0. The van der Waals surface area contributed by atoms with Crippen LogP contribution < -0.4 is 16.0 Å². The molecule has 0 bridgehead atoms. The van der Waals surface area contributed by atoms with E-state index in [1.54, 1.807) is 11.3 Å². The van der Waals surface area contributed by atoms with Crippen LogP contribution in [0.4, 0.5) is 4.79 Å². The summed E-state index contributed by atoms with van der Waals surface area (Å²) in [6.45, 7) is 5.63. The van der Waals surface area contributed by atoms with Crippen LogP contribution in [0.25, 0.3) is 0 Å². The normalized spacial score (nSPS) is 12.5. The Morgan fingerprint density at radius 2 is 1.79 bits per heavy atom. The molecule has 3 amide bonds. The zero-order valence-electron chi connectivity index (χ0n) is 14.1. The van der Waals surface area contributed by atoms with E-state index in [2.05, 4.69) is 16.0 Å². The van der Waals surface area contributed by atoms with Crippen molar-refractivity contribution in [3.63, 3.8) is 0 Å². The Morgan fingerprint density at radius 3 is 2.38 bits per heavy atom. The maximum absolute atomic E-state index is 12.0. The van der Waals surface area contributed by atoms with Gasteiger partial charge >= 0.3 is 6.03 Å². The van der Waals surface area contributed by atoms with Crippen molar-refractivity contribution in [1.82, 2.24) is 16.0 Å². The van der Waals surface area contributed by atoms with Crippen LogP contribution >= 0.6 is 11.3 Å². The van der Waals surface area contributed by atoms with E-state index in [-0.39, 0.29) is 24.0 Å². The van der Waals surface area contributed by atoms with E-state index in [0.29, 0.717) is 0 Å². The Kier molecular flexibility index (Phi) is 6.11. The second kappa shape index (κ2) is 8.08. The first-order chi connectivity index (χ1) is 11.3. The van der Waals surface area contributed by atoms with Crippen molar-refractivity contribution in [2.45, 2.75) is 32.4 Å². The predicted molar refractivity (Wildman–Crippen MR) is 97.0 cm³/mol. The van der Waals surface area contributed by atoms with E-state index in [4.69, 9.17) is 0 Å². The van der Waals surface area contributed by atoms with Crippen LogP contribution in [0.1, 0.15) is 37.3 Å². The molecule has 0 spiro atoms. The van der Waals surface area contributed by atoms with E-state index in [9.17, 15) is 9.59 Å². The van der Waals surface area contributed by atoms with Gasteiger partial charge < -0.3 is 5.32 Å². The summed E-state index contributed by atoms with van der Waals surface area (Å²) in [6, 6.07) is 13.4. The van der Waals surface area contributed by atoms with Crippen LogP contribution in [0, 0.1) is 0 Å². The molecule has 0 saturated heterocycles. The van der Waals surface area contributed by atoms with Crippen molar-refractivity contribution in [1.29, 1.82) is 0 Å². The lowest BCUT2D eigenvalue weighted by Crippen LogP contribution is -2.50. The molecule has 5 nitrogen and oxygen atoms in total. The van der Waals surface area contributed by atoms with Crippen LogP contribution in [0.5, 0.6) is 0 Å². The van der Waals surface area contributed by atoms with Gasteiger partial charge in [0.05, 0.1) is 12.6 Å². The number of nitrogens with one attached hydrogen (secondary N) is 3. The fourth-order valence-electron chi connectivity index (χ4n) is 2.22. The molecule has 24 heavy (non-hydrogen) atoms. The van der Waals surface area contributed by atoms with Gasteiger partial charge in [-0.3, -0.25) is 15.4 Å². The number of hydrogen-bond acceptors (Lipinski definition) is 4. The average Bonchev–Trinajstić information content (AvgIpc) is 3.00. The monoisotopic (exact) mass is 345 g/mol. The van der Waals surface area contributed by atoms with Gasteiger partial charge in [-0.15, -0.1) is 11.3 Å². The number of hydrogen-bond donors (Lipinski definition) is 3. The number of urea groups is 1. The molecule has 0 aliphatic carbocycles. The summed E-state index contributed by atoms with van der Waals surface area (Å²) in [5.74, 6) is -0.366. The highest BCUT2D eigenvalue weighted by Gasteiger charge is 2.18. The Morgan fingerprint density at radius 1 is 1.08 bits per heavy atom. The van der Waals surface area contributed by atoms with Crippen molar-refractivity contribution >= 4 is 23.3 Å². The highest BCUT2D eigenvalue weighted by Crippen LogP contribution is 2.25. The van der Waals surface area contributed by atoms with Crippen LogP contribution in [0.2, 0.25) is 0 Å². The van der Waals surface area contributed by atoms with Gasteiger partial charge in [-0.2, -0.15) is 0 Å². The van der Waals surface area contributed by atoms with Gasteiger partial charge in [-0.25, -0.2) is 4.79 Å². The molecule has 0 radical (unpaired) electrons. The first-order valence-corrected chi connectivity index (χ1v) is 8.67. The Balaban J connectivity index is 1.96. The summed E-state index contributed by atoms with van der Waals surface area (Å²) >= 11 is 1.63. The predicted octanol–water partition coefficient (Wildman–Crippen LogP) is 3.05. The molecule has 3 N–H and O–H groups in total. The number of imide groups is 1. The molecule has 128 valence electrons. The molecular weight excluding hydrogens is 322 g/mol. The van der Waals surface area contributed by atoms with Crippen molar-refractivity contribution < 1.29 is 9.59 Å². The largest absolute Gasteiger partial charge is 0.333 e. The SMILES string of the molecule is CC(C)(C)NC(=O)NC(=O)CNC(c1ccccc1)c1cccs1. The number of carbonyl (C=O) groups is 2. The quantitative estimate of drug-likeness (QED) is 0.780. The van der Waals surface area contributed by atoms with Crippen LogP contribution in [-0.2, 0) is 4.79 Å². The molecule has 1 aromatic heterocycles. The second-order valence-corrected chi connectivity index (χ2v) is 7.47. The van der Waals surface area contributed by atoms with E-state index < -0.39 is 6.03 Å². The first-order valence-electron chi connectivity index (χ1n) is 7.79. The van der Waals surface area contributed by atoms with Gasteiger partial charge in [0.1, 0.15) is 0 Å². The third kappa shape index (κ3) is 5.79. The fraction of sp³-hybridized carbons (Fsp3) is 0.333. The molecule has 1 aromatic carbocycles. The topological polar surface area (TPSA) is 70.2 Å². The summed E-state index contributed by atoms with van der Waals surface area (Å²) in [5, 5.41) is 10.3. The third-order valence-corrected chi connectivity index (χ3v) is 4.11. The smallest absolute Gasteiger partial charge is 0.321 e. The van der Waals surface area contributed by atoms with Gasteiger partial charge in [0.25, 0.3) is 0 Å². The molecule has 0 aliphatic heterocycles. The van der Waals surface area contributed by atoms with E-state index in [1.165, 1.54) is 0 Å². The van der Waals surface area contributed by atoms with Gasteiger partial charge in [0.2, 0.25) is 5.91 Å². The van der Waals surface area contributed by atoms with Gasteiger partial charge in [-0.1, -0.05) is 36.4 Å². The highest BCUT2D eigenvalue weighted by atomic mass is 32.1. The van der Waals surface area contributed by atoms with Crippen molar-refractivity contribution in [2.75, 3.05) is 6.54 Å². The summed E-state index contributed by atoms with van der Waals surface area (Å²) in [4.78, 5) is 24.9. The molecule has 2 aromatic rings. The number of rotatable bonds is 5. The fourth-order valence-corrected chi connectivity index (χ4v) is 3.05. The van der Waals surface area contributed by atoms with E-state index in [1.807, 2.05) is 68.6 Å². The molecule has 1 atom stereocenters.